The third-order valence-electron chi connectivity index (χ3n) is 5.70. The lowest BCUT2D eigenvalue weighted by Gasteiger charge is -2.19. The van der Waals surface area contributed by atoms with Crippen LogP contribution in [0.15, 0.2) is 71.7 Å². The van der Waals surface area contributed by atoms with E-state index in [0.29, 0.717) is 16.8 Å². The third-order valence-corrected chi connectivity index (χ3v) is 5.70. The predicted octanol–water partition coefficient (Wildman–Crippen LogP) is 6.16. The van der Waals surface area contributed by atoms with E-state index in [4.69, 9.17) is 0 Å². The van der Waals surface area contributed by atoms with Crippen molar-refractivity contribution in [2.75, 3.05) is 0 Å². The van der Waals surface area contributed by atoms with Gasteiger partial charge < -0.3 is 10.1 Å². The summed E-state index contributed by atoms with van der Waals surface area (Å²) in [6.07, 6.45) is 0. The molecule has 4 aromatic rings. The van der Waals surface area contributed by atoms with Gasteiger partial charge in [-0.15, -0.1) is 0 Å². The second kappa shape index (κ2) is 6.42. The van der Waals surface area contributed by atoms with E-state index in [1.54, 1.807) is 6.07 Å². The molecule has 1 aliphatic heterocycles. The van der Waals surface area contributed by atoms with E-state index in [9.17, 15) is 9.90 Å². The normalized spacial score (nSPS) is 13.6. The summed E-state index contributed by atoms with van der Waals surface area (Å²) in [6.45, 7) is 6.58. The molecule has 0 spiro atoms. The van der Waals surface area contributed by atoms with Crippen molar-refractivity contribution in [3.05, 3.63) is 83.4 Å². The van der Waals surface area contributed by atoms with Gasteiger partial charge in [0.05, 0.1) is 11.3 Å². The molecule has 0 saturated carbocycles. The Morgan fingerprint density at radius 2 is 1.60 bits per heavy atom. The molecule has 0 bridgehead atoms. The monoisotopic (exact) mass is 394 g/mol. The number of fused-ring (bicyclic) bond motifs is 2. The summed E-state index contributed by atoms with van der Waals surface area (Å²) >= 11 is 0. The largest absolute Gasteiger partial charge is 0.494 e. The maximum Gasteiger partial charge on any atom is 0.214 e. The van der Waals surface area contributed by atoms with E-state index < -0.39 is 0 Å². The molecule has 0 radical (unpaired) electrons. The van der Waals surface area contributed by atoms with Gasteiger partial charge in [0.1, 0.15) is 5.71 Å². The van der Waals surface area contributed by atoms with Gasteiger partial charge in [-0.1, -0.05) is 63.2 Å². The highest BCUT2D eigenvalue weighted by molar-refractivity contribution is 6.56. The van der Waals surface area contributed by atoms with Gasteiger partial charge in [-0.3, -0.25) is 4.79 Å². The molecular weight excluding hydrogens is 372 g/mol. The Kier molecular flexibility index (Phi) is 3.93. The van der Waals surface area contributed by atoms with Crippen molar-refractivity contribution in [2.45, 2.75) is 26.2 Å². The quantitative estimate of drug-likeness (QED) is 0.428. The van der Waals surface area contributed by atoms with E-state index in [1.165, 1.54) is 5.56 Å². The number of carbonyl (C=O) groups is 1. The number of Topliss-reactive ketones (excluding diaryl/α,β-unsaturated/α-hetero) is 1. The number of nitrogens with zero attached hydrogens (tertiary/aromatic N) is 1. The van der Waals surface area contributed by atoms with E-state index in [1.807, 2.05) is 36.4 Å². The molecule has 4 nitrogen and oxygen atoms in total. The zero-order chi connectivity index (χ0) is 21.0. The van der Waals surface area contributed by atoms with Crippen molar-refractivity contribution in [3.8, 4) is 17.0 Å². The molecule has 0 amide bonds. The average Bonchev–Trinajstić information content (AvgIpc) is 3.23. The zero-order valence-corrected chi connectivity index (χ0v) is 17.2. The summed E-state index contributed by atoms with van der Waals surface area (Å²) in [5.41, 5.74) is 6.18. The fourth-order valence-electron chi connectivity index (χ4n) is 3.99. The Morgan fingerprint density at radius 3 is 2.30 bits per heavy atom. The summed E-state index contributed by atoms with van der Waals surface area (Å²) in [5, 5.41) is 11.4. The predicted molar refractivity (Wildman–Crippen MR) is 121 cm³/mol. The standard InChI is InChI=1S/C26H22N2O2/c1-26(2,3)17-11-8-15(9-12-17)16-10-13-21-19(14-16)22(25(30)28-21)23-24(29)18-6-4-5-7-20(18)27-23/h4-14,28,30H,1-3H3. The van der Waals surface area contributed by atoms with Crippen LogP contribution in [0.25, 0.3) is 22.0 Å². The molecule has 0 unspecified atom stereocenters. The summed E-state index contributed by atoms with van der Waals surface area (Å²) in [5.74, 6) is -0.202. The fourth-order valence-corrected chi connectivity index (χ4v) is 3.99. The number of aliphatic imine (C=N–C) groups is 1. The zero-order valence-electron chi connectivity index (χ0n) is 17.2. The van der Waals surface area contributed by atoms with E-state index >= 15 is 0 Å². The number of rotatable bonds is 2. The molecule has 5 rings (SSSR count). The first-order valence-electron chi connectivity index (χ1n) is 10.0. The molecular formula is C26H22N2O2. The lowest BCUT2D eigenvalue weighted by atomic mass is 9.86. The first-order valence-corrected chi connectivity index (χ1v) is 10.0. The summed E-state index contributed by atoms with van der Waals surface area (Å²) in [4.78, 5) is 20.4. The van der Waals surface area contributed by atoms with E-state index in [2.05, 4.69) is 55.0 Å². The minimum Gasteiger partial charge on any atom is -0.494 e. The van der Waals surface area contributed by atoms with Crippen LogP contribution in [0.1, 0.15) is 42.3 Å². The van der Waals surface area contributed by atoms with Gasteiger partial charge in [0, 0.05) is 16.5 Å². The number of aromatic hydroxyl groups is 1. The van der Waals surface area contributed by atoms with Crippen molar-refractivity contribution < 1.29 is 9.90 Å². The molecule has 2 N–H and O–H groups in total. The number of carbonyl (C=O) groups excluding carboxylic acids is 1. The Balaban J connectivity index is 1.62. The maximum atomic E-state index is 12.9. The molecule has 3 aromatic carbocycles. The molecule has 0 saturated heterocycles. The number of para-hydroxylation sites is 1. The van der Waals surface area contributed by atoms with Gasteiger partial charge in [0.2, 0.25) is 5.78 Å². The van der Waals surface area contributed by atoms with Crippen LogP contribution in [0.5, 0.6) is 5.88 Å². The molecule has 0 aliphatic carbocycles. The number of benzene rings is 3. The van der Waals surface area contributed by atoms with Crippen LogP contribution in [0.4, 0.5) is 5.69 Å². The van der Waals surface area contributed by atoms with Crippen LogP contribution >= 0.6 is 0 Å². The van der Waals surface area contributed by atoms with Crippen LogP contribution in [0, 0.1) is 0 Å². The molecule has 1 aliphatic rings. The smallest absolute Gasteiger partial charge is 0.214 e. The molecule has 148 valence electrons. The van der Waals surface area contributed by atoms with Crippen LogP contribution in [-0.4, -0.2) is 21.6 Å². The van der Waals surface area contributed by atoms with Crippen molar-refractivity contribution >= 4 is 28.1 Å². The second-order valence-corrected chi connectivity index (χ2v) is 8.74. The Labute approximate surface area is 174 Å². The summed E-state index contributed by atoms with van der Waals surface area (Å²) in [6, 6.07) is 21.7. The lowest BCUT2D eigenvalue weighted by Crippen LogP contribution is -2.10. The number of hydrogen-bond acceptors (Lipinski definition) is 3. The Hall–Kier alpha value is -3.66. The Bertz CT molecular complexity index is 1340. The van der Waals surface area contributed by atoms with Gasteiger partial charge in [0.25, 0.3) is 0 Å². The van der Waals surface area contributed by atoms with E-state index in [-0.39, 0.29) is 22.8 Å². The van der Waals surface area contributed by atoms with Gasteiger partial charge in [-0.25, -0.2) is 4.99 Å². The summed E-state index contributed by atoms with van der Waals surface area (Å²) in [7, 11) is 0. The topological polar surface area (TPSA) is 65.4 Å². The van der Waals surface area contributed by atoms with Crippen LogP contribution in [0.3, 0.4) is 0 Å². The maximum absolute atomic E-state index is 12.9. The summed E-state index contributed by atoms with van der Waals surface area (Å²) < 4.78 is 0. The first kappa shape index (κ1) is 18.4. The van der Waals surface area contributed by atoms with E-state index in [0.717, 1.165) is 22.0 Å². The van der Waals surface area contributed by atoms with Crippen molar-refractivity contribution in [1.82, 2.24) is 4.98 Å². The number of aromatic amines is 1. The first-order chi connectivity index (χ1) is 14.3. The van der Waals surface area contributed by atoms with Crippen molar-refractivity contribution in [1.29, 1.82) is 0 Å². The second-order valence-electron chi connectivity index (χ2n) is 8.74. The number of hydrogen-bond donors (Lipinski definition) is 2. The van der Waals surface area contributed by atoms with Gasteiger partial charge in [-0.2, -0.15) is 0 Å². The van der Waals surface area contributed by atoms with Gasteiger partial charge >= 0.3 is 0 Å². The van der Waals surface area contributed by atoms with Crippen LogP contribution < -0.4 is 0 Å². The SMILES string of the molecule is CC(C)(C)c1ccc(-c2ccc3[nH]c(O)c(C4=Nc5ccccc5C4=O)c3c2)cc1. The minimum atomic E-state index is -0.165. The van der Waals surface area contributed by atoms with Crippen molar-refractivity contribution in [2.24, 2.45) is 4.99 Å². The Morgan fingerprint density at radius 1 is 0.900 bits per heavy atom. The molecule has 4 heteroatoms. The number of ketones is 1. The number of nitrogens with one attached hydrogen (secondary N) is 1. The molecule has 1 aromatic heterocycles. The number of aromatic nitrogens is 1. The van der Waals surface area contributed by atoms with Crippen molar-refractivity contribution in [3.63, 3.8) is 0 Å². The number of H-pyrrole nitrogens is 1. The van der Waals surface area contributed by atoms with Gasteiger partial charge in [-0.05, 0) is 46.4 Å². The molecule has 0 atom stereocenters. The van der Waals surface area contributed by atoms with Crippen LogP contribution in [0.2, 0.25) is 0 Å². The third kappa shape index (κ3) is 2.84. The molecule has 2 heterocycles. The highest BCUT2D eigenvalue weighted by atomic mass is 16.3. The van der Waals surface area contributed by atoms with Crippen LogP contribution in [-0.2, 0) is 5.41 Å². The minimum absolute atomic E-state index is 0.0369. The van der Waals surface area contributed by atoms with Gasteiger partial charge in [0.15, 0.2) is 5.88 Å². The highest BCUT2D eigenvalue weighted by Gasteiger charge is 2.30. The molecule has 30 heavy (non-hydrogen) atoms. The lowest BCUT2D eigenvalue weighted by molar-refractivity contribution is 0.107. The average molecular weight is 394 g/mol. The highest BCUT2D eigenvalue weighted by Crippen LogP contribution is 2.37. The molecule has 0 fully saturated rings. The fraction of sp³-hybridized carbons (Fsp3) is 0.154.